The van der Waals surface area contributed by atoms with E-state index in [0.717, 1.165) is 13.1 Å². The fraction of sp³-hybridized carbons (Fsp3) is 1.00. The molecule has 2 atom stereocenters. The maximum Gasteiger partial charge on any atom is 0.0777 e. The molecule has 2 unspecified atom stereocenters. The van der Waals surface area contributed by atoms with E-state index in [0.29, 0.717) is 12.1 Å². The molecule has 0 amide bonds. The Bertz CT molecular complexity index is 220. The summed E-state index contributed by atoms with van der Waals surface area (Å²) in [4.78, 5) is 2.58. The van der Waals surface area contributed by atoms with Crippen LogP contribution in [0.25, 0.3) is 0 Å². The van der Waals surface area contributed by atoms with Crippen molar-refractivity contribution in [3.63, 3.8) is 0 Å². The van der Waals surface area contributed by atoms with E-state index in [1.807, 2.05) is 7.11 Å². The van der Waals surface area contributed by atoms with Gasteiger partial charge in [0.1, 0.15) is 0 Å². The van der Waals surface area contributed by atoms with Crippen LogP contribution in [0.4, 0.5) is 0 Å². The predicted molar refractivity (Wildman–Crippen MR) is 73.4 cm³/mol. The van der Waals surface area contributed by atoms with Gasteiger partial charge in [0.25, 0.3) is 0 Å². The maximum absolute atomic E-state index is 5.64. The van der Waals surface area contributed by atoms with Gasteiger partial charge in [0.2, 0.25) is 0 Å². The number of methoxy groups -OCH3 is 1. The highest BCUT2D eigenvalue weighted by Crippen LogP contribution is 2.25. The van der Waals surface area contributed by atoms with Gasteiger partial charge >= 0.3 is 0 Å². The first-order valence-corrected chi connectivity index (χ1v) is 6.99. The van der Waals surface area contributed by atoms with Crippen molar-refractivity contribution in [3.05, 3.63) is 0 Å². The number of hydrogen-bond donors (Lipinski definition) is 1. The van der Waals surface area contributed by atoms with Crippen LogP contribution < -0.4 is 5.32 Å². The van der Waals surface area contributed by atoms with Gasteiger partial charge < -0.3 is 10.1 Å². The first-order chi connectivity index (χ1) is 7.97. The number of nitrogens with zero attached hydrogens (tertiary/aromatic N) is 1. The average Bonchev–Trinajstić information content (AvgIpc) is 2.28. The van der Waals surface area contributed by atoms with Crippen molar-refractivity contribution in [2.45, 2.75) is 64.6 Å². The van der Waals surface area contributed by atoms with Crippen LogP contribution in [0.15, 0.2) is 0 Å². The number of nitrogens with one attached hydrogen (secondary N) is 1. The van der Waals surface area contributed by atoms with Crippen molar-refractivity contribution < 1.29 is 4.74 Å². The van der Waals surface area contributed by atoms with Crippen LogP contribution in [0.3, 0.4) is 0 Å². The van der Waals surface area contributed by atoms with Gasteiger partial charge in [0.05, 0.1) is 5.60 Å². The van der Waals surface area contributed by atoms with Gasteiger partial charge in [-0.25, -0.2) is 0 Å². The molecular weight excluding hydrogens is 212 g/mol. The van der Waals surface area contributed by atoms with E-state index in [1.54, 1.807) is 0 Å². The minimum atomic E-state index is 0.0674. The van der Waals surface area contributed by atoms with Crippen molar-refractivity contribution in [2.24, 2.45) is 0 Å². The summed E-state index contributed by atoms with van der Waals surface area (Å²) in [6, 6.07) is 1.24. The lowest BCUT2D eigenvalue weighted by molar-refractivity contribution is -0.0601. The first-order valence-electron chi connectivity index (χ1n) is 6.99. The van der Waals surface area contributed by atoms with Crippen LogP contribution in [0, 0.1) is 0 Å². The molecule has 1 N–H and O–H groups in total. The Labute approximate surface area is 107 Å². The normalized spacial score (nSPS) is 28.6. The summed E-state index contributed by atoms with van der Waals surface area (Å²) in [7, 11) is 1.84. The zero-order valence-electron chi connectivity index (χ0n) is 12.3. The van der Waals surface area contributed by atoms with Crippen LogP contribution in [-0.2, 0) is 4.74 Å². The Hall–Kier alpha value is -0.120. The van der Waals surface area contributed by atoms with Gasteiger partial charge in [-0.2, -0.15) is 0 Å². The fourth-order valence-corrected chi connectivity index (χ4v) is 2.55. The van der Waals surface area contributed by atoms with Crippen molar-refractivity contribution in [1.29, 1.82) is 0 Å². The monoisotopic (exact) mass is 242 g/mol. The zero-order valence-corrected chi connectivity index (χ0v) is 12.3. The summed E-state index contributed by atoms with van der Waals surface area (Å²) in [6.45, 7) is 12.4. The second-order valence-corrected chi connectivity index (χ2v) is 5.97. The Balaban J connectivity index is 2.33. The van der Waals surface area contributed by atoms with E-state index in [2.05, 4.69) is 37.9 Å². The van der Waals surface area contributed by atoms with Crippen LogP contribution >= 0.6 is 0 Å². The molecular formula is C14H30N2O. The Morgan fingerprint density at radius 3 is 2.65 bits per heavy atom. The van der Waals surface area contributed by atoms with E-state index in [1.165, 1.54) is 25.8 Å². The molecule has 0 aliphatic carbocycles. The molecule has 1 heterocycles. The SMILES string of the molecule is COC1(C)CCCN(C(C)CCNC(C)C)C1. The zero-order chi connectivity index (χ0) is 12.9. The van der Waals surface area contributed by atoms with Crippen LogP contribution in [0.2, 0.25) is 0 Å². The molecule has 1 saturated heterocycles. The fourth-order valence-electron chi connectivity index (χ4n) is 2.55. The minimum absolute atomic E-state index is 0.0674. The van der Waals surface area contributed by atoms with Gasteiger partial charge in [-0.05, 0) is 46.2 Å². The highest BCUT2D eigenvalue weighted by molar-refractivity contribution is 4.86. The smallest absolute Gasteiger partial charge is 0.0777 e. The van der Waals surface area contributed by atoms with E-state index in [4.69, 9.17) is 4.74 Å². The van der Waals surface area contributed by atoms with E-state index < -0.39 is 0 Å². The quantitative estimate of drug-likeness (QED) is 0.773. The van der Waals surface area contributed by atoms with Crippen LogP contribution in [0.1, 0.15) is 47.0 Å². The van der Waals surface area contributed by atoms with Gasteiger partial charge in [0.15, 0.2) is 0 Å². The molecule has 0 aromatic heterocycles. The molecule has 0 aromatic carbocycles. The average molecular weight is 242 g/mol. The highest BCUT2D eigenvalue weighted by Gasteiger charge is 2.32. The van der Waals surface area contributed by atoms with Crippen molar-refractivity contribution in [2.75, 3.05) is 26.7 Å². The molecule has 0 spiro atoms. The summed E-state index contributed by atoms with van der Waals surface area (Å²) in [6.07, 6.45) is 3.67. The molecule has 0 radical (unpaired) electrons. The summed E-state index contributed by atoms with van der Waals surface area (Å²) < 4.78 is 5.64. The molecule has 0 saturated carbocycles. The molecule has 3 heteroatoms. The van der Waals surface area contributed by atoms with E-state index >= 15 is 0 Å². The van der Waals surface area contributed by atoms with Crippen LogP contribution in [-0.4, -0.2) is 49.3 Å². The molecule has 1 aliphatic rings. The van der Waals surface area contributed by atoms with E-state index in [-0.39, 0.29) is 5.60 Å². The molecule has 17 heavy (non-hydrogen) atoms. The van der Waals surface area contributed by atoms with Crippen molar-refractivity contribution in [3.8, 4) is 0 Å². The van der Waals surface area contributed by atoms with Gasteiger partial charge in [-0.15, -0.1) is 0 Å². The number of ether oxygens (including phenoxy) is 1. The summed E-state index contributed by atoms with van der Waals surface area (Å²) in [5.41, 5.74) is 0.0674. The largest absolute Gasteiger partial charge is 0.377 e. The maximum atomic E-state index is 5.64. The Morgan fingerprint density at radius 1 is 1.35 bits per heavy atom. The molecule has 3 nitrogen and oxygen atoms in total. The first kappa shape index (κ1) is 14.9. The summed E-state index contributed by atoms with van der Waals surface area (Å²) in [5.74, 6) is 0. The number of piperidine rings is 1. The van der Waals surface area contributed by atoms with Gasteiger partial charge in [-0.3, -0.25) is 4.90 Å². The third-order valence-corrected chi connectivity index (χ3v) is 3.92. The second-order valence-electron chi connectivity index (χ2n) is 5.97. The van der Waals surface area contributed by atoms with Crippen molar-refractivity contribution >= 4 is 0 Å². The summed E-state index contributed by atoms with van der Waals surface area (Å²) in [5, 5.41) is 3.49. The molecule has 1 fully saturated rings. The number of hydrogen-bond acceptors (Lipinski definition) is 3. The second kappa shape index (κ2) is 6.72. The highest BCUT2D eigenvalue weighted by atomic mass is 16.5. The predicted octanol–water partition coefficient (Wildman–Crippen LogP) is 2.26. The third-order valence-electron chi connectivity index (χ3n) is 3.92. The van der Waals surface area contributed by atoms with E-state index in [9.17, 15) is 0 Å². The molecule has 1 rings (SSSR count). The van der Waals surface area contributed by atoms with Gasteiger partial charge in [0, 0.05) is 25.7 Å². The molecule has 0 bridgehead atoms. The molecule has 102 valence electrons. The standard InChI is InChI=1S/C14H30N2O/c1-12(2)15-9-7-13(3)16-10-6-8-14(4,11-16)17-5/h12-13,15H,6-11H2,1-5H3. The molecule has 1 aliphatic heterocycles. The van der Waals surface area contributed by atoms with Crippen molar-refractivity contribution in [1.82, 2.24) is 10.2 Å². The van der Waals surface area contributed by atoms with Crippen LogP contribution in [0.5, 0.6) is 0 Å². The lowest BCUT2D eigenvalue weighted by Gasteiger charge is -2.42. The minimum Gasteiger partial charge on any atom is -0.377 e. The number of rotatable bonds is 6. The lowest BCUT2D eigenvalue weighted by atomic mass is 9.93. The number of likely N-dealkylation sites (tertiary alicyclic amines) is 1. The van der Waals surface area contributed by atoms with Gasteiger partial charge in [-0.1, -0.05) is 13.8 Å². The third kappa shape index (κ3) is 4.94. The Morgan fingerprint density at radius 2 is 2.06 bits per heavy atom. The lowest BCUT2D eigenvalue weighted by Crippen LogP contribution is -2.51. The molecule has 0 aromatic rings. The summed E-state index contributed by atoms with van der Waals surface area (Å²) >= 11 is 0. The topological polar surface area (TPSA) is 24.5 Å². The Kier molecular flexibility index (Phi) is 5.90.